The zero-order valence-corrected chi connectivity index (χ0v) is 14.1. The van der Waals surface area contributed by atoms with Crippen molar-refractivity contribution in [3.05, 3.63) is 17.8 Å². The monoisotopic (exact) mass is 338 g/mol. The van der Waals surface area contributed by atoms with Crippen LogP contribution in [0, 0.1) is 12.8 Å². The van der Waals surface area contributed by atoms with Crippen LogP contribution in [0.4, 0.5) is 5.82 Å². The molecule has 0 bridgehead atoms. The Labute approximate surface area is 136 Å². The lowest BCUT2D eigenvalue weighted by molar-refractivity contribution is -0.126. The molecule has 3 rings (SSSR count). The summed E-state index contributed by atoms with van der Waals surface area (Å²) in [5, 5.41) is 11.1. The standard InChI is InChI=1S/C15H22N4O3S/c1-11-2-3-14(18-17-11)19-7-4-12(5-8-19)15(20)16-13-6-9-23(21,22)10-13/h2-3,12-13H,4-10H2,1H3,(H,16,20). The number of amides is 1. The summed E-state index contributed by atoms with van der Waals surface area (Å²) in [6.45, 7) is 3.42. The lowest BCUT2D eigenvalue weighted by Gasteiger charge is -2.32. The molecule has 23 heavy (non-hydrogen) atoms. The van der Waals surface area contributed by atoms with E-state index in [9.17, 15) is 13.2 Å². The Morgan fingerprint density at radius 3 is 2.52 bits per heavy atom. The van der Waals surface area contributed by atoms with Gasteiger partial charge >= 0.3 is 0 Å². The Bertz CT molecular complexity index is 666. The molecular formula is C15H22N4O3S. The Hall–Kier alpha value is -1.70. The number of carbonyl (C=O) groups excluding carboxylic acids is 1. The van der Waals surface area contributed by atoms with Crippen LogP contribution in [0.1, 0.15) is 25.0 Å². The molecule has 0 radical (unpaired) electrons. The van der Waals surface area contributed by atoms with Crippen molar-refractivity contribution < 1.29 is 13.2 Å². The minimum absolute atomic E-state index is 0.0123. The van der Waals surface area contributed by atoms with Crippen molar-refractivity contribution in [2.45, 2.75) is 32.2 Å². The number of nitrogens with one attached hydrogen (secondary N) is 1. The molecule has 126 valence electrons. The topological polar surface area (TPSA) is 92.3 Å². The summed E-state index contributed by atoms with van der Waals surface area (Å²) in [5.41, 5.74) is 0.884. The number of piperidine rings is 1. The van der Waals surface area contributed by atoms with Gasteiger partial charge in [-0.2, -0.15) is 5.10 Å². The zero-order valence-electron chi connectivity index (χ0n) is 13.2. The first kappa shape index (κ1) is 16.2. The number of hydrogen-bond acceptors (Lipinski definition) is 6. The van der Waals surface area contributed by atoms with Gasteiger partial charge in [-0.1, -0.05) is 0 Å². The highest BCUT2D eigenvalue weighted by Gasteiger charge is 2.32. The molecule has 1 aromatic rings. The molecule has 1 amide bonds. The molecule has 0 spiro atoms. The van der Waals surface area contributed by atoms with Crippen molar-refractivity contribution in [3.63, 3.8) is 0 Å². The first-order valence-electron chi connectivity index (χ1n) is 7.99. The summed E-state index contributed by atoms with van der Waals surface area (Å²) >= 11 is 0. The van der Waals surface area contributed by atoms with Gasteiger partial charge in [-0.15, -0.1) is 5.10 Å². The Morgan fingerprint density at radius 2 is 1.96 bits per heavy atom. The second-order valence-electron chi connectivity index (χ2n) is 6.40. The summed E-state index contributed by atoms with van der Waals surface area (Å²) in [7, 11) is -2.96. The van der Waals surface area contributed by atoms with E-state index in [-0.39, 0.29) is 29.4 Å². The van der Waals surface area contributed by atoms with Crippen molar-refractivity contribution in [1.82, 2.24) is 15.5 Å². The Kier molecular flexibility index (Phi) is 4.52. The van der Waals surface area contributed by atoms with Crippen LogP contribution in [0.2, 0.25) is 0 Å². The maximum Gasteiger partial charge on any atom is 0.223 e. The summed E-state index contributed by atoms with van der Waals surface area (Å²) in [6.07, 6.45) is 2.04. The van der Waals surface area contributed by atoms with E-state index in [4.69, 9.17) is 0 Å². The van der Waals surface area contributed by atoms with E-state index in [1.165, 1.54) is 0 Å². The van der Waals surface area contributed by atoms with Crippen LogP contribution in [0.25, 0.3) is 0 Å². The van der Waals surface area contributed by atoms with Crippen molar-refractivity contribution >= 4 is 21.6 Å². The number of aromatic nitrogens is 2. The number of sulfone groups is 1. The molecule has 3 heterocycles. The van der Waals surface area contributed by atoms with Crippen LogP contribution in [-0.4, -0.2) is 55.2 Å². The Balaban J connectivity index is 1.50. The fourth-order valence-corrected chi connectivity index (χ4v) is 4.83. The maximum absolute atomic E-state index is 12.3. The molecule has 0 aromatic carbocycles. The lowest BCUT2D eigenvalue weighted by atomic mass is 9.95. The van der Waals surface area contributed by atoms with E-state index >= 15 is 0 Å². The van der Waals surface area contributed by atoms with Gasteiger partial charge in [0.1, 0.15) is 0 Å². The number of hydrogen-bond donors (Lipinski definition) is 1. The highest BCUT2D eigenvalue weighted by Crippen LogP contribution is 2.22. The summed E-state index contributed by atoms with van der Waals surface area (Å²) in [4.78, 5) is 14.4. The van der Waals surface area contributed by atoms with Gasteiger partial charge in [0.25, 0.3) is 0 Å². The molecule has 1 N–H and O–H groups in total. The summed E-state index contributed by atoms with van der Waals surface area (Å²) in [5.74, 6) is 1.05. The predicted molar refractivity (Wildman–Crippen MR) is 86.9 cm³/mol. The van der Waals surface area contributed by atoms with Crippen LogP contribution < -0.4 is 10.2 Å². The molecule has 1 aromatic heterocycles. The molecule has 2 saturated heterocycles. The number of carbonyl (C=O) groups is 1. The molecule has 8 heteroatoms. The molecule has 2 aliphatic heterocycles. The van der Waals surface area contributed by atoms with E-state index in [0.29, 0.717) is 6.42 Å². The molecule has 2 fully saturated rings. The quantitative estimate of drug-likeness (QED) is 0.852. The first-order valence-corrected chi connectivity index (χ1v) is 9.81. The molecule has 1 atom stereocenters. The van der Waals surface area contributed by atoms with E-state index in [1.807, 2.05) is 19.1 Å². The van der Waals surface area contributed by atoms with E-state index in [0.717, 1.165) is 37.4 Å². The maximum atomic E-state index is 12.3. The fraction of sp³-hybridized carbons (Fsp3) is 0.667. The highest BCUT2D eigenvalue weighted by molar-refractivity contribution is 7.91. The van der Waals surface area contributed by atoms with Gasteiger partial charge in [0.05, 0.1) is 17.2 Å². The van der Waals surface area contributed by atoms with Crippen molar-refractivity contribution in [2.75, 3.05) is 29.5 Å². The second-order valence-corrected chi connectivity index (χ2v) is 8.63. The van der Waals surface area contributed by atoms with E-state index < -0.39 is 9.84 Å². The zero-order chi connectivity index (χ0) is 16.4. The van der Waals surface area contributed by atoms with Crippen molar-refractivity contribution in [2.24, 2.45) is 5.92 Å². The number of rotatable bonds is 3. The van der Waals surface area contributed by atoms with Crippen LogP contribution in [-0.2, 0) is 14.6 Å². The second kappa shape index (κ2) is 6.43. The van der Waals surface area contributed by atoms with Crippen molar-refractivity contribution in [1.29, 1.82) is 0 Å². The number of anilines is 1. The van der Waals surface area contributed by atoms with Gasteiger partial charge in [-0.05, 0) is 38.3 Å². The van der Waals surface area contributed by atoms with Gasteiger partial charge in [0.15, 0.2) is 15.7 Å². The lowest BCUT2D eigenvalue weighted by Crippen LogP contribution is -2.44. The van der Waals surface area contributed by atoms with Gasteiger partial charge in [0.2, 0.25) is 5.91 Å². The molecular weight excluding hydrogens is 316 g/mol. The highest BCUT2D eigenvalue weighted by atomic mass is 32.2. The van der Waals surface area contributed by atoms with Crippen LogP contribution in [0.5, 0.6) is 0 Å². The van der Waals surface area contributed by atoms with Crippen LogP contribution in [0.15, 0.2) is 12.1 Å². The third-order valence-corrected chi connectivity index (χ3v) is 6.32. The van der Waals surface area contributed by atoms with Gasteiger partial charge < -0.3 is 10.2 Å². The minimum Gasteiger partial charge on any atom is -0.355 e. The van der Waals surface area contributed by atoms with Crippen LogP contribution >= 0.6 is 0 Å². The normalized spacial score (nSPS) is 24.6. The predicted octanol–water partition coefficient (Wildman–Crippen LogP) is 0.305. The average Bonchev–Trinajstić information content (AvgIpc) is 2.87. The fourth-order valence-electron chi connectivity index (χ4n) is 3.16. The largest absolute Gasteiger partial charge is 0.355 e. The van der Waals surface area contributed by atoms with Gasteiger partial charge in [0, 0.05) is 25.0 Å². The van der Waals surface area contributed by atoms with Crippen LogP contribution in [0.3, 0.4) is 0 Å². The van der Waals surface area contributed by atoms with E-state index in [2.05, 4.69) is 20.4 Å². The van der Waals surface area contributed by atoms with Crippen molar-refractivity contribution in [3.8, 4) is 0 Å². The molecule has 0 saturated carbocycles. The molecule has 0 aliphatic carbocycles. The molecule has 2 aliphatic rings. The average molecular weight is 338 g/mol. The smallest absolute Gasteiger partial charge is 0.223 e. The first-order chi connectivity index (χ1) is 10.9. The third kappa shape index (κ3) is 3.99. The van der Waals surface area contributed by atoms with Gasteiger partial charge in [-0.25, -0.2) is 8.42 Å². The van der Waals surface area contributed by atoms with Gasteiger partial charge in [-0.3, -0.25) is 4.79 Å². The SMILES string of the molecule is Cc1ccc(N2CCC(C(=O)NC3CCS(=O)(=O)C3)CC2)nn1. The molecule has 1 unspecified atom stereocenters. The summed E-state index contributed by atoms with van der Waals surface area (Å²) in [6, 6.07) is 3.67. The summed E-state index contributed by atoms with van der Waals surface area (Å²) < 4.78 is 22.9. The third-order valence-electron chi connectivity index (χ3n) is 4.55. The minimum atomic E-state index is -2.96. The molecule has 7 nitrogen and oxygen atoms in total. The number of nitrogens with zero attached hydrogens (tertiary/aromatic N) is 3. The van der Waals surface area contributed by atoms with E-state index in [1.54, 1.807) is 0 Å². The number of aryl methyl sites for hydroxylation is 1. The Morgan fingerprint density at radius 1 is 1.22 bits per heavy atom.